The smallest absolute Gasteiger partial charge is 0.0371 e. The van der Waals surface area contributed by atoms with Gasteiger partial charge in [0, 0.05) is 17.8 Å². The minimum absolute atomic E-state index is 0.833. The molecule has 2 bridgehead atoms. The van der Waals surface area contributed by atoms with Gasteiger partial charge in [0.1, 0.15) is 0 Å². The van der Waals surface area contributed by atoms with Gasteiger partial charge in [-0.1, -0.05) is 31.0 Å². The molecule has 0 amide bonds. The molecule has 2 aliphatic rings. The number of rotatable bonds is 1. The van der Waals surface area contributed by atoms with Gasteiger partial charge in [0.2, 0.25) is 0 Å². The van der Waals surface area contributed by atoms with Gasteiger partial charge in [0.15, 0.2) is 0 Å². The molecule has 1 aromatic carbocycles. The predicted octanol–water partition coefficient (Wildman–Crippen LogP) is 3.60. The molecule has 1 nitrogen and oxygen atoms in total. The van der Waals surface area contributed by atoms with E-state index in [0.29, 0.717) is 0 Å². The highest BCUT2D eigenvalue weighted by Crippen LogP contribution is 2.37. The molecule has 2 heterocycles. The molecule has 2 atom stereocenters. The molecule has 2 unspecified atom stereocenters. The first-order valence-electron chi connectivity index (χ1n) is 6.28. The van der Waals surface area contributed by atoms with E-state index in [1.165, 1.54) is 44.2 Å². The van der Waals surface area contributed by atoms with E-state index in [1.807, 2.05) is 0 Å². The SMILES string of the molecule is c1ccc(N2C3CCCCC2CC3)cc1. The molecule has 3 rings (SSSR count). The Morgan fingerprint density at radius 3 is 2.00 bits per heavy atom. The number of nitrogens with zero attached hydrogens (tertiary/aromatic N) is 1. The summed E-state index contributed by atoms with van der Waals surface area (Å²) in [7, 11) is 0. The Hall–Kier alpha value is -0.980. The van der Waals surface area contributed by atoms with Gasteiger partial charge in [-0.15, -0.1) is 0 Å². The van der Waals surface area contributed by atoms with E-state index in [1.54, 1.807) is 0 Å². The molecule has 0 N–H and O–H groups in total. The van der Waals surface area contributed by atoms with E-state index in [0.717, 1.165) is 12.1 Å². The Balaban J connectivity index is 1.91. The average molecular weight is 201 g/mol. The Labute approximate surface area is 92.1 Å². The molecule has 0 saturated carbocycles. The van der Waals surface area contributed by atoms with Crippen LogP contribution in [0.4, 0.5) is 5.69 Å². The fraction of sp³-hybridized carbons (Fsp3) is 0.571. The number of benzene rings is 1. The van der Waals surface area contributed by atoms with Crippen molar-refractivity contribution in [3.63, 3.8) is 0 Å². The first-order valence-corrected chi connectivity index (χ1v) is 6.28. The fourth-order valence-corrected chi connectivity index (χ4v) is 3.31. The van der Waals surface area contributed by atoms with Crippen molar-refractivity contribution in [2.75, 3.05) is 4.90 Å². The van der Waals surface area contributed by atoms with Crippen LogP contribution in [0.2, 0.25) is 0 Å². The van der Waals surface area contributed by atoms with Crippen LogP contribution in [-0.2, 0) is 0 Å². The zero-order valence-corrected chi connectivity index (χ0v) is 9.23. The van der Waals surface area contributed by atoms with E-state index < -0.39 is 0 Å². The Kier molecular flexibility index (Phi) is 2.40. The highest BCUT2D eigenvalue weighted by molar-refractivity contribution is 5.49. The largest absolute Gasteiger partial charge is 0.366 e. The van der Waals surface area contributed by atoms with Crippen LogP contribution < -0.4 is 4.90 Å². The standard InChI is InChI=1S/C14H19N/c1-2-6-12(7-3-1)15-13-8-4-5-9-14(15)11-10-13/h1-3,6-7,13-14H,4-5,8-11H2. The molecule has 0 spiro atoms. The second-order valence-electron chi connectivity index (χ2n) is 4.91. The second-order valence-corrected chi connectivity index (χ2v) is 4.91. The molecule has 2 fully saturated rings. The number of hydrogen-bond donors (Lipinski definition) is 0. The lowest BCUT2D eigenvalue weighted by molar-refractivity contribution is 0.556. The lowest BCUT2D eigenvalue weighted by Gasteiger charge is -2.30. The molecule has 0 aromatic heterocycles. The third-order valence-corrected chi connectivity index (χ3v) is 4.00. The van der Waals surface area contributed by atoms with Crippen LogP contribution in [0.15, 0.2) is 30.3 Å². The zero-order chi connectivity index (χ0) is 10.1. The van der Waals surface area contributed by atoms with Gasteiger partial charge < -0.3 is 4.90 Å². The maximum absolute atomic E-state index is 2.70. The van der Waals surface area contributed by atoms with Gasteiger partial charge in [0.25, 0.3) is 0 Å². The van der Waals surface area contributed by atoms with E-state index in [2.05, 4.69) is 35.2 Å². The van der Waals surface area contributed by atoms with Crippen LogP contribution >= 0.6 is 0 Å². The molecule has 1 aromatic rings. The Morgan fingerprint density at radius 1 is 0.800 bits per heavy atom. The minimum Gasteiger partial charge on any atom is -0.366 e. The van der Waals surface area contributed by atoms with E-state index >= 15 is 0 Å². The first kappa shape index (κ1) is 9.26. The summed E-state index contributed by atoms with van der Waals surface area (Å²) in [5, 5.41) is 0. The molecule has 2 saturated heterocycles. The summed E-state index contributed by atoms with van der Waals surface area (Å²) in [6.07, 6.45) is 8.52. The van der Waals surface area contributed by atoms with Crippen LogP contribution in [0.5, 0.6) is 0 Å². The van der Waals surface area contributed by atoms with Crippen molar-refractivity contribution in [3.05, 3.63) is 30.3 Å². The van der Waals surface area contributed by atoms with Crippen molar-refractivity contribution in [3.8, 4) is 0 Å². The van der Waals surface area contributed by atoms with Crippen molar-refractivity contribution in [1.29, 1.82) is 0 Å². The van der Waals surface area contributed by atoms with Crippen LogP contribution in [0.25, 0.3) is 0 Å². The third-order valence-electron chi connectivity index (χ3n) is 4.00. The van der Waals surface area contributed by atoms with Gasteiger partial charge in [-0.05, 0) is 37.8 Å². The molecule has 0 aliphatic carbocycles. The first-order chi connectivity index (χ1) is 7.45. The predicted molar refractivity (Wildman–Crippen MR) is 64.2 cm³/mol. The van der Waals surface area contributed by atoms with Crippen LogP contribution in [0.1, 0.15) is 38.5 Å². The van der Waals surface area contributed by atoms with Gasteiger partial charge in [-0.2, -0.15) is 0 Å². The van der Waals surface area contributed by atoms with Crippen molar-refractivity contribution < 1.29 is 0 Å². The number of anilines is 1. The van der Waals surface area contributed by atoms with Gasteiger partial charge in [-0.3, -0.25) is 0 Å². The van der Waals surface area contributed by atoms with E-state index in [9.17, 15) is 0 Å². The lowest BCUT2D eigenvalue weighted by atomic mass is 10.0. The van der Waals surface area contributed by atoms with Crippen LogP contribution in [0, 0.1) is 0 Å². The number of para-hydroxylation sites is 1. The minimum atomic E-state index is 0.833. The Bertz CT molecular complexity index is 305. The second kappa shape index (κ2) is 3.88. The van der Waals surface area contributed by atoms with Crippen LogP contribution in [0.3, 0.4) is 0 Å². The fourth-order valence-electron chi connectivity index (χ4n) is 3.31. The lowest BCUT2D eigenvalue weighted by Crippen LogP contribution is -2.34. The maximum atomic E-state index is 2.70. The molecular weight excluding hydrogens is 182 g/mol. The highest BCUT2D eigenvalue weighted by atomic mass is 15.2. The summed E-state index contributed by atoms with van der Waals surface area (Å²) in [6.45, 7) is 0. The molecular formula is C14H19N. The zero-order valence-electron chi connectivity index (χ0n) is 9.23. The molecule has 0 radical (unpaired) electrons. The van der Waals surface area contributed by atoms with Gasteiger partial charge >= 0.3 is 0 Å². The summed E-state index contributed by atoms with van der Waals surface area (Å²) in [5.74, 6) is 0. The summed E-state index contributed by atoms with van der Waals surface area (Å²) in [4.78, 5) is 2.70. The summed E-state index contributed by atoms with van der Waals surface area (Å²) >= 11 is 0. The van der Waals surface area contributed by atoms with Gasteiger partial charge in [0.05, 0.1) is 0 Å². The van der Waals surface area contributed by atoms with E-state index in [-0.39, 0.29) is 0 Å². The topological polar surface area (TPSA) is 3.24 Å². The highest BCUT2D eigenvalue weighted by Gasteiger charge is 2.34. The third kappa shape index (κ3) is 1.64. The quantitative estimate of drug-likeness (QED) is 0.671. The molecule has 80 valence electrons. The summed E-state index contributed by atoms with van der Waals surface area (Å²) in [5.41, 5.74) is 1.45. The number of hydrogen-bond acceptors (Lipinski definition) is 1. The maximum Gasteiger partial charge on any atom is 0.0371 e. The van der Waals surface area contributed by atoms with Crippen molar-refractivity contribution >= 4 is 5.69 Å². The van der Waals surface area contributed by atoms with Crippen LogP contribution in [-0.4, -0.2) is 12.1 Å². The Morgan fingerprint density at radius 2 is 1.40 bits per heavy atom. The molecule has 15 heavy (non-hydrogen) atoms. The summed E-state index contributed by atoms with van der Waals surface area (Å²) in [6, 6.07) is 12.7. The normalized spacial score (nSPS) is 30.3. The summed E-state index contributed by atoms with van der Waals surface area (Å²) < 4.78 is 0. The van der Waals surface area contributed by atoms with Crippen molar-refractivity contribution in [2.24, 2.45) is 0 Å². The monoisotopic (exact) mass is 201 g/mol. The molecule has 2 aliphatic heterocycles. The van der Waals surface area contributed by atoms with Gasteiger partial charge in [-0.25, -0.2) is 0 Å². The number of fused-ring (bicyclic) bond motifs is 2. The van der Waals surface area contributed by atoms with Crippen molar-refractivity contribution in [1.82, 2.24) is 0 Å². The van der Waals surface area contributed by atoms with E-state index in [4.69, 9.17) is 0 Å². The van der Waals surface area contributed by atoms with Crippen molar-refractivity contribution in [2.45, 2.75) is 50.6 Å². The average Bonchev–Trinajstić information content (AvgIpc) is 2.53. The molecule has 1 heteroatoms.